The minimum absolute atomic E-state index is 0.184. The maximum atomic E-state index is 13.2. The number of anilines is 2. The van der Waals surface area contributed by atoms with Crippen molar-refractivity contribution in [3.63, 3.8) is 0 Å². The van der Waals surface area contributed by atoms with Crippen molar-refractivity contribution < 1.29 is 17.6 Å². The number of carbonyl (C=O) groups is 1. The Morgan fingerprint density at radius 2 is 1.70 bits per heavy atom. The summed E-state index contributed by atoms with van der Waals surface area (Å²) in [7, 11) is -2.21. The van der Waals surface area contributed by atoms with Gasteiger partial charge in [0.05, 0.1) is 10.6 Å². The Kier molecular flexibility index (Phi) is 5.30. The van der Waals surface area contributed by atoms with Crippen LogP contribution in [-0.2, 0) is 16.4 Å². The van der Waals surface area contributed by atoms with Gasteiger partial charge >= 0.3 is 0 Å². The Morgan fingerprint density at radius 1 is 1.00 bits per heavy atom. The third-order valence-corrected chi connectivity index (χ3v) is 7.07. The molecule has 1 aliphatic heterocycles. The molecule has 3 aromatic carbocycles. The molecule has 7 heteroatoms. The van der Waals surface area contributed by atoms with Crippen molar-refractivity contribution in [1.82, 2.24) is 0 Å². The van der Waals surface area contributed by atoms with Crippen LogP contribution in [0.25, 0.3) is 0 Å². The minimum Gasteiger partial charge on any atom is -0.308 e. The maximum absolute atomic E-state index is 13.2. The van der Waals surface area contributed by atoms with Gasteiger partial charge in [-0.1, -0.05) is 18.2 Å². The number of amides is 1. The molecule has 4 rings (SSSR count). The van der Waals surface area contributed by atoms with Gasteiger partial charge < -0.3 is 4.90 Å². The summed E-state index contributed by atoms with van der Waals surface area (Å²) < 4.78 is 40.6. The topological polar surface area (TPSA) is 57.7 Å². The van der Waals surface area contributed by atoms with Crippen LogP contribution >= 0.6 is 0 Å². The van der Waals surface area contributed by atoms with Gasteiger partial charge in [-0.2, -0.15) is 0 Å². The number of benzene rings is 3. The van der Waals surface area contributed by atoms with E-state index in [9.17, 15) is 17.6 Å². The van der Waals surface area contributed by atoms with Crippen LogP contribution in [0, 0.1) is 5.82 Å². The van der Waals surface area contributed by atoms with Crippen molar-refractivity contribution in [1.29, 1.82) is 0 Å². The van der Waals surface area contributed by atoms with Crippen LogP contribution in [0.5, 0.6) is 0 Å². The van der Waals surface area contributed by atoms with E-state index in [-0.39, 0.29) is 10.8 Å². The molecule has 0 saturated carbocycles. The van der Waals surface area contributed by atoms with Crippen LogP contribution in [0.4, 0.5) is 15.8 Å². The van der Waals surface area contributed by atoms with Gasteiger partial charge in [0.15, 0.2) is 0 Å². The molecule has 0 bridgehead atoms. The molecule has 1 aliphatic rings. The van der Waals surface area contributed by atoms with Crippen molar-refractivity contribution in [2.24, 2.45) is 0 Å². The molecule has 3 aromatic rings. The Hall–Kier alpha value is -3.19. The Balaban J connectivity index is 1.66. The Labute approximate surface area is 175 Å². The zero-order chi connectivity index (χ0) is 21.3. The molecule has 0 saturated heterocycles. The zero-order valence-corrected chi connectivity index (χ0v) is 17.3. The molecule has 1 amide bonds. The predicted molar refractivity (Wildman–Crippen MR) is 115 cm³/mol. The summed E-state index contributed by atoms with van der Waals surface area (Å²) in [4.78, 5) is 14.7. The monoisotopic (exact) mass is 424 g/mol. The fraction of sp³-hybridized carbons (Fsp3) is 0.174. The molecule has 0 unspecified atom stereocenters. The Morgan fingerprint density at radius 3 is 2.40 bits per heavy atom. The molecule has 1 heterocycles. The van der Waals surface area contributed by atoms with Crippen LogP contribution in [0.3, 0.4) is 0 Å². The van der Waals surface area contributed by atoms with Crippen molar-refractivity contribution in [3.05, 3.63) is 89.7 Å². The van der Waals surface area contributed by atoms with Crippen molar-refractivity contribution in [3.8, 4) is 0 Å². The third kappa shape index (κ3) is 3.68. The van der Waals surface area contributed by atoms with Gasteiger partial charge in [-0.05, 0) is 73.0 Å². The average Bonchev–Trinajstić information content (AvgIpc) is 2.78. The van der Waals surface area contributed by atoms with E-state index >= 15 is 0 Å². The van der Waals surface area contributed by atoms with E-state index in [4.69, 9.17) is 0 Å². The molecule has 0 N–H and O–H groups in total. The summed E-state index contributed by atoms with van der Waals surface area (Å²) in [5, 5.41) is 0. The lowest BCUT2D eigenvalue weighted by molar-refractivity contribution is 0.0985. The first-order chi connectivity index (χ1) is 14.4. The van der Waals surface area contributed by atoms with Gasteiger partial charge in [-0.25, -0.2) is 12.8 Å². The van der Waals surface area contributed by atoms with Gasteiger partial charge in [0.2, 0.25) is 0 Å². The van der Waals surface area contributed by atoms with Gasteiger partial charge in [0, 0.05) is 24.8 Å². The fourth-order valence-corrected chi connectivity index (χ4v) is 4.87. The average molecular weight is 424 g/mol. The van der Waals surface area contributed by atoms with Crippen molar-refractivity contribution >= 4 is 27.3 Å². The van der Waals surface area contributed by atoms with Crippen LogP contribution in [0.2, 0.25) is 0 Å². The summed E-state index contributed by atoms with van der Waals surface area (Å²) in [5.41, 5.74) is 2.46. The van der Waals surface area contributed by atoms with Crippen LogP contribution in [0.15, 0.2) is 77.7 Å². The number of nitrogens with zero attached hydrogens (tertiary/aromatic N) is 2. The molecule has 0 fully saturated rings. The maximum Gasteiger partial charge on any atom is 0.264 e. The summed E-state index contributed by atoms with van der Waals surface area (Å²) in [5.74, 6) is -0.629. The number of fused-ring (bicyclic) bond motifs is 1. The highest BCUT2D eigenvalue weighted by Crippen LogP contribution is 2.32. The summed E-state index contributed by atoms with van der Waals surface area (Å²) in [6.07, 6.45) is 1.40. The molecule has 154 valence electrons. The van der Waals surface area contributed by atoms with Crippen LogP contribution in [-0.4, -0.2) is 27.9 Å². The molecule has 30 heavy (non-hydrogen) atoms. The lowest BCUT2D eigenvalue weighted by Gasteiger charge is -2.30. The lowest BCUT2D eigenvalue weighted by atomic mass is 10.0. The molecule has 0 spiro atoms. The van der Waals surface area contributed by atoms with Gasteiger partial charge in [-0.15, -0.1) is 0 Å². The summed E-state index contributed by atoms with van der Waals surface area (Å²) >= 11 is 0. The zero-order valence-electron chi connectivity index (χ0n) is 16.5. The number of carbonyl (C=O) groups excluding carboxylic acids is 1. The lowest BCUT2D eigenvalue weighted by Crippen LogP contribution is -2.35. The van der Waals surface area contributed by atoms with E-state index in [0.717, 1.165) is 12.0 Å². The number of sulfonamides is 1. The van der Waals surface area contributed by atoms with Gasteiger partial charge in [0.25, 0.3) is 15.9 Å². The number of rotatable bonds is 4. The van der Waals surface area contributed by atoms with E-state index in [1.165, 1.54) is 41.7 Å². The minimum atomic E-state index is -3.73. The van der Waals surface area contributed by atoms with Gasteiger partial charge in [-0.3, -0.25) is 9.10 Å². The molecule has 0 aromatic heterocycles. The first kappa shape index (κ1) is 20.1. The molecular formula is C23H21FN2O3S. The molecule has 5 nitrogen and oxygen atoms in total. The number of para-hydroxylation sites is 1. The van der Waals surface area contributed by atoms with Crippen molar-refractivity contribution in [2.75, 3.05) is 22.8 Å². The normalized spacial score (nSPS) is 13.6. The van der Waals surface area contributed by atoms with E-state index in [1.807, 2.05) is 6.07 Å². The van der Waals surface area contributed by atoms with Crippen LogP contribution < -0.4 is 9.21 Å². The first-order valence-corrected chi connectivity index (χ1v) is 11.1. The number of halogens is 1. The second-order valence-electron chi connectivity index (χ2n) is 7.17. The smallest absolute Gasteiger partial charge is 0.264 e. The molecular weight excluding hydrogens is 403 g/mol. The first-order valence-electron chi connectivity index (χ1n) is 9.62. The number of hydrogen-bond donors (Lipinski definition) is 0. The second-order valence-corrected chi connectivity index (χ2v) is 9.14. The molecule has 0 aliphatic carbocycles. The molecule has 0 radical (unpaired) electrons. The van der Waals surface area contributed by atoms with E-state index < -0.39 is 15.8 Å². The van der Waals surface area contributed by atoms with Gasteiger partial charge in [0.1, 0.15) is 5.82 Å². The Bertz CT molecular complexity index is 1180. The van der Waals surface area contributed by atoms with Crippen molar-refractivity contribution in [2.45, 2.75) is 17.7 Å². The van der Waals surface area contributed by atoms with E-state index in [0.29, 0.717) is 29.9 Å². The second kappa shape index (κ2) is 7.91. The molecule has 0 atom stereocenters. The predicted octanol–water partition coefficient (Wildman–Crippen LogP) is 4.24. The third-order valence-electron chi connectivity index (χ3n) is 5.28. The number of hydrogen-bond acceptors (Lipinski definition) is 3. The van der Waals surface area contributed by atoms with E-state index in [1.54, 1.807) is 41.3 Å². The standard InChI is InChI=1S/C23H21FN2O3S/c1-25(20-7-3-2-4-8-20)30(28,29)21-13-14-22-18(16-21)6-5-15-26(22)23(27)17-9-11-19(24)12-10-17/h2-4,7-14,16H,5-6,15H2,1H3. The summed E-state index contributed by atoms with van der Waals surface area (Å²) in [6, 6.07) is 19.2. The SMILES string of the molecule is CN(c1ccccc1)S(=O)(=O)c1ccc2c(c1)CCCN2C(=O)c1ccc(F)cc1. The summed E-state index contributed by atoms with van der Waals surface area (Å²) in [6.45, 7) is 0.527. The quantitative estimate of drug-likeness (QED) is 0.629. The highest BCUT2D eigenvalue weighted by Gasteiger charge is 2.27. The van der Waals surface area contributed by atoms with E-state index in [2.05, 4.69) is 0 Å². The highest BCUT2D eigenvalue weighted by atomic mass is 32.2. The van der Waals surface area contributed by atoms with Crippen LogP contribution in [0.1, 0.15) is 22.3 Å². The number of aryl methyl sites for hydroxylation is 1. The largest absolute Gasteiger partial charge is 0.308 e. The highest BCUT2D eigenvalue weighted by molar-refractivity contribution is 7.92. The fourth-order valence-electron chi connectivity index (χ4n) is 3.63.